The Kier molecular flexibility index (Phi) is 5.70. The molecule has 0 spiro atoms. The van der Waals surface area contributed by atoms with Crippen LogP contribution in [0.4, 0.5) is 11.4 Å². The number of amides is 2. The van der Waals surface area contributed by atoms with Crippen LogP contribution in [0, 0.1) is 0 Å². The second kappa shape index (κ2) is 8.79. The van der Waals surface area contributed by atoms with Gasteiger partial charge in [-0.1, -0.05) is 36.4 Å². The third-order valence-corrected chi connectivity index (χ3v) is 6.69. The van der Waals surface area contributed by atoms with Crippen LogP contribution in [0.2, 0.25) is 0 Å². The summed E-state index contributed by atoms with van der Waals surface area (Å²) in [6.07, 6.45) is 2.99. The van der Waals surface area contributed by atoms with Gasteiger partial charge in [0.1, 0.15) is 0 Å². The molecule has 3 aromatic rings. The van der Waals surface area contributed by atoms with Crippen molar-refractivity contribution in [1.82, 2.24) is 5.32 Å². The molecule has 1 aliphatic carbocycles. The molecule has 0 saturated heterocycles. The molecule has 6 heteroatoms. The molecule has 1 fully saturated rings. The van der Waals surface area contributed by atoms with Gasteiger partial charge in [-0.25, -0.2) is 0 Å². The third-order valence-electron chi connectivity index (χ3n) is 6.00. The molecule has 1 aliphatic heterocycles. The number of rotatable bonds is 5. The average Bonchev–Trinajstić information content (AvgIpc) is 3.63. The van der Waals surface area contributed by atoms with Gasteiger partial charge in [-0.15, -0.1) is 0 Å². The van der Waals surface area contributed by atoms with E-state index >= 15 is 0 Å². The molecule has 5 nitrogen and oxygen atoms in total. The average molecular weight is 490 g/mol. The molecule has 2 aliphatic rings. The van der Waals surface area contributed by atoms with Gasteiger partial charge in [-0.05, 0) is 76.7 Å². The van der Waals surface area contributed by atoms with Crippen LogP contribution in [0.1, 0.15) is 44.7 Å². The summed E-state index contributed by atoms with van der Waals surface area (Å²) in [4.78, 5) is 28.1. The fraction of sp³-hybridized carbons (Fsp3) is 0.231. The molecule has 0 bridgehead atoms. The van der Waals surface area contributed by atoms with Crippen LogP contribution >= 0.6 is 15.9 Å². The van der Waals surface area contributed by atoms with Crippen LogP contribution in [0.15, 0.2) is 71.2 Å². The molecule has 0 aromatic heterocycles. The minimum Gasteiger partial charge on any atom is -0.366 e. The van der Waals surface area contributed by atoms with Gasteiger partial charge >= 0.3 is 0 Å². The highest BCUT2D eigenvalue weighted by Crippen LogP contribution is 2.31. The smallest absolute Gasteiger partial charge is 0.256 e. The Labute approximate surface area is 196 Å². The molecule has 2 amide bonds. The minimum atomic E-state index is -0.217. The van der Waals surface area contributed by atoms with Gasteiger partial charge in [-0.2, -0.15) is 0 Å². The van der Waals surface area contributed by atoms with E-state index in [1.165, 1.54) is 11.1 Å². The van der Waals surface area contributed by atoms with Gasteiger partial charge < -0.3 is 15.5 Å². The van der Waals surface area contributed by atoms with Gasteiger partial charge in [0, 0.05) is 35.0 Å². The number of carbonyl (C=O) groups excluding carboxylic acids is 2. The first kappa shape index (κ1) is 20.8. The normalized spacial score (nSPS) is 15.1. The molecule has 0 radical (unpaired) electrons. The Bertz CT molecular complexity index is 1190. The van der Waals surface area contributed by atoms with Gasteiger partial charge in [0.25, 0.3) is 11.8 Å². The summed E-state index contributed by atoms with van der Waals surface area (Å²) in [5.41, 5.74) is 5.31. The maximum atomic E-state index is 13.1. The fourth-order valence-electron chi connectivity index (χ4n) is 4.11. The molecule has 0 unspecified atom stereocenters. The van der Waals surface area contributed by atoms with Crippen molar-refractivity contribution in [2.75, 3.05) is 16.8 Å². The number of hydrogen-bond donors (Lipinski definition) is 2. The molecule has 32 heavy (non-hydrogen) atoms. The molecule has 2 N–H and O–H groups in total. The first-order chi connectivity index (χ1) is 15.6. The zero-order valence-electron chi connectivity index (χ0n) is 17.6. The zero-order valence-corrected chi connectivity index (χ0v) is 19.2. The maximum absolute atomic E-state index is 13.1. The Morgan fingerprint density at radius 1 is 0.875 bits per heavy atom. The summed E-state index contributed by atoms with van der Waals surface area (Å²) in [5, 5.41) is 6.05. The van der Waals surface area contributed by atoms with E-state index in [-0.39, 0.29) is 17.9 Å². The van der Waals surface area contributed by atoms with Crippen LogP contribution < -0.4 is 15.5 Å². The number of benzene rings is 3. The quantitative estimate of drug-likeness (QED) is 0.520. The molecule has 1 heterocycles. The van der Waals surface area contributed by atoms with E-state index in [4.69, 9.17) is 0 Å². The van der Waals surface area contributed by atoms with E-state index in [9.17, 15) is 9.59 Å². The zero-order chi connectivity index (χ0) is 22.1. The van der Waals surface area contributed by atoms with E-state index in [1.807, 2.05) is 30.3 Å². The van der Waals surface area contributed by atoms with Crippen molar-refractivity contribution in [2.24, 2.45) is 0 Å². The van der Waals surface area contributed by atoms with Gasteiger partial charge in [0.15, 0.2) is 0 Å². The van der Waals surface area contributed by atoms with E-state index in [2.05, 4.69) is 55.7 Å². The second-order valence-corrected chi connectivity index (χ2v) is 9.21. The number of halogens is 1. The Morgan fingerprint density at radius 2 is 1.62 bits per heavy atom. The lowest BCUT2D eigenvalue weighted by Crippen LogP contribution is -2.33. The Balaban J connectivity index is 1.44. The van der Waals surface area contributed by atoms with Crippen LogP contribution in [0.5, 0.6) is 0 Å². The van der Waals surface area contributed by atoms with E-state index < -0.39 is 0 Å². The molecule has 0 atom stereocenters. The standard InChI is InChI=1S/C26H24BrN3O2/c27-23-8-4-3-7-21(23)25(31)29-20-11-12-24(22(15-20)26(32)28-19-9-10-19)30-14-13-17-5-1-2-6-18(17)16-30/h1-8,11-12,15,19H,9-10,13-14,16H2,(H,28,32)(H,29,31). The summed E-state index contributed by atoms with van der Waals surface area (Å²) < 4.78 is 0.729. The van der Waals surface area contributed by atoms with Gasteiger partial charge in [0.2, 0.25) is 0 Å². The minimum absolute atomic E-state index is 0.0849. The van der Waals surface area contributed by atoms with Crippen molar-refractivity contribution in [3.05, 3.63) is 93.5 Å². The molecule has 162 valence electrons. The largest absolute Gasteiger partial charge is 0.366 e. The Hall–Kier alpha value is -3.12. The summed E-state index contributed by atoms with van der Waals surface area (Å²) in [6.45, 7) is 1.62. The fourth-order valence-corrected chi connectivity index (χ4v) is 4.57. The van der Waals surface area contributed by atoms with Gasteiger partial charge in [-0.3, -0.25) is 9.59 Å². The Morgan fingerprint density at radius 3 is 2.41 bits per heavy atom. The first-order valence-corrected chi connectivity index (χ1v) is 11.7. The van der Waals surface area contributed by atoms with Crippen molar-refractivity contribution in [2.45, 2.75) is 31.8 Å². The molecule has 3 aromatic carbocycles. The number of nitrogens with one attached hydrogen (secondary N) is 2. The van der Waals surface area contributed by atoms with Crippen LogP contribution in [-0.2, 0) is 13.0 Å². The molecule has 1 saturated carbocycles. The lowest BCUT2D eigenvalue weighted by atomic mass is 9.98. The first-order valence-electron chi connectivity index (χ1n) is 10.9. The van der Waals surface area contributed by atoms with Crippen molar-refractivity contribution in [1.29, 1.82) is 0 Å². The van der Waals surface area contributed by atoms with Crippen molar-refractivity contribution < 1.29 is 9.59 Å². The highest BCUT2D eigenvalue weighted by Gasteiger charge is 2.27. The highest BCUT2D eigenvalue weighted by atomic mass is 79.9. The van der Waals surface area contributed by atoms with E-state index in [0.29, 0.717) is 16.8 Å². The molecular formula is C26H24BrN3O2. The molecule has 5 rings (SSSR count). The lowest BCUT2D eigenvalue weighted by Gasteiger charge is -2.32. The molecular weight excluding hydrogens is 466 g/mol. The van der Waals surface area contributed by atoms with Gasteiger partial charge in [0.05, 0.1) is 11.1 Å². The summed E-state index contributed by atoms with van der Waals surface area (Å²) in [6, 6.07) is 21.6. The SMILES string of the molecule is O=C(Nc1ccc(N2CCc3ccccc3C2)c(C(=O)NC2CC2)c1)c1ccccc1Br. The van der Waals surface area contributed by atoms with Crippen molar-refractivity contribution in [3.63, 3.8) is 0 Å². The summed E-state index contributed by atoms with van der Waals surface area (Å²) in [7, 11) is 0. The number of nitrogens with zero attached hydrogens (tertiary/aromatic N) is 1. The number of hydrogen-bond acceptors (Lipinski definition) is 3. The predicted octanol–water partition coefficient (Wildman–Crippen LogP) is 5.16. The number of anilines is 2. The van der Waals surface area contributed by atoms with Crippen molar-refractivity contribution in [3.8, 4) is 0 Å². The summed E-state index contributed by atoms with van der Waals surface area (Å²) >= 11 is 3.43. The van der Waals surface area contributed by atoms with E-state index in [1.54, 1.807) is 12.1 Å². The highest BCUT2D eigenvalue weighted by molar-refractivity contribution is 9.10. The lowest BCUT2D eigenvalue weighted by molar-refractivity contribution is 0.0950. The van der Waals surface area contributed by atoms with Crippen molar-refractivity contribution >= 4 is 39.1 Å². The van der Waals surface area contributed by atoms with Crippen LogP contribution in [-0.4, -0.2) is 24.4 Å². The second-order valence-electron chi connectivity index (χ2n) is 8.35. The summed E-state index contributed by atoms with van der Waals surface area (Å²) in [5.74, 6) is -0.302. The topological polar surface area (TPSA) is 61.4 Å². The van der Waals surface area contributed by atoms with E-state index in [0.717, 1.165) is 42.5 Å². The maximum Gasteiger partial charge on any atom is 0.256 e. The number of fused-ring (bicyclic) bond motifs is 1. The number of carbonyl (C=O) groups is 2. The van der Waals surface area contributed by atoms with Crippen LogP contribution in [0.25, 0.3) is 0 Å². The monoisotopic (exact) mass is 489 g/mol. The van der Waals surface area contributed by atoms with Crippen LogP contribution in [0.3, 0.4) is 0 Å². The predicted molar refractivity (Wildman–Crippen MR) is 130 cm³/mol. The third kappa shape index (κ3) is 4.41.